The maximum atomic E-state index is 13.0. The molecule has 4 amide bonds. The van der Waals surface area contributed by atoms with E-state index < -0.39 is 41.7 Å². The summed E-state index contributed by atoms with van der Waals surface area (Å²) in [4.78, 5) is 38.1. The molecule has 6 nitrogen and oxygen atoms in total. The molecule has 1 aliphatic heterocycles. The van der Waals surface area contributed by atoms with Crippen molar-refractivity contribution >= 4 is 46.7 Å². The van der Waals surface area contributed by atoms with E-state index in [1.54, 1.807) is 6.07 Å². The van der Waals surface area contributed by atoms with Crippen LogP contribution in [0.2, 0.25) is 10.0 Å². The van der Waals surface area contributed by atoms with Gasteiger partial charge in [-0.1, -0.05) is 41.4 Å². The van der Waals surface area contributed by atoms with Crippen LogP contribution < -0.4 is 10.6 Å². The molecule has 1 atom stereocenters. The molecule has 2 N–H and O–H groups in total. The van der Waals surface area contributed by atoms with Crippen molar-refractivity contribution in [2.75, 3.05) is 11.9 Å². The third kappa shape index (κ3) is 4.08. The number of carbonyl (C=O) groups excluding carboxylic acids is 3. The maximum Gasteiger partial charge on any atom is 0.416 e. The second-order valence-corrected chi connectivity index (χ2v) is 7.48. The van der Waals surface area contributed by atoms with Crippen LogP contribution in [-0.4, -0.2) is 29.3 Å². The number of benzene rings is 2. The van der Waals surface area contributed by atoms with Gasteiger partial charge in [-0.3, -0.25) is 14.5 Å². The number of para-hydroxylation sites is 1. The molecule has 0 spiro atoms. The molecule has 30 heavy (non-hydrogen) atoms. The summed E-state index contributed by atoms with van der Waals surface area (Å²) in [6.45, 7) is 0.590. The van der Waals surface area contributed by atoms with Gasteiger partial charge in [0.15, 0.2) is 0 Å². The smallest absolute Gasteiger partial charge is 0.322 e. The molecule has 158 valence electrons. The highest BCUT2D eigenvalue weighted by Crippen LogP contribution is 2.35. The van der Waals surface area contributed by atoms with Gasteiger partial charge in [0.2, 0.25) is 5.91 Å². The second-order valence-electron chi connectivity index (χ2n) is 6.67. The van der Waals surface area contributed by atoms with Crippen molar-refractivity contribution in [1.29, 1.82) is 0 Å². The Hall–Kier alpha value is -2.78. The number of carbonyl (C=O) groups is 3. The van der Waals surface area contributed by atoms with Crippen LogP contribution in [0, 0.1) is 0 Å². The average molecular weight is 460 g/mol. The van der Waals surface area contributed by atoms with Crippen LogP contribution in [0.5, 0.6) is 0 Å². The van der Waals surface area contributed by atoms with E-state index >= 15 is 0 Å². The fraction of sp³-hybridized carbons (Fsp3) is 0.211. The molecule has 0 aliphatic carbocycles. The summed E-state index contributed by atoms with van der Waals surface area (Å²) < 4.78 is 39.1. The number of nitrogens with one attached hydrogen (secondary N) is 2. The molecular formula is C19H14Cl2F3N3O3. The average Bonchev–Trinajstić information content (AvgIpc) is 2.88. The normalized spacial score (nSPS) is 19.1. The van der Waals surface area contributed by atoms with Crippen LogP contribution in [0.25, 0.3) is 0 Å². The number of hydrogen-bond acceptors (Lipinski definition) is 3. The first kappa shape index (κ1) is 21.9. The SMILES string of the molecule is CC1(c2cccc(C(F)(F)F)c2)NC(=O)N(CC(=O)Nc2c(Cl)cccc2Cl)C1=O. The Morgan fingerprint density at radius 1 is 1.13 bits per heavy atom. The monoisotopic (exact) mass is 459 g/mol. The van der Waals surface area contributed by atoms with Crippen LogP contribution in [-0.2, 0) is 21.3 Å². The molecule has 2 aromatic rings. The fourth-order valence-electron chi connectivity index (χ4n) is 2.98. The number of imide groups is 1. The zero-order chi connectivity index (χ0) is 22.3. The summed E-state index contributed by atoms with van der Waals surface area (Å²) in [5, 5.41) is 5.08. The first-order valence-electron chi connectivity index (χ1n) is 8.49. The van der Waals surface area contributed by atoms with Crippen molar-refractivity contribution in [3.63, 3.8) is 0 Å². The molecule has 1 unspecified atom stereocenters. The predicted octanol–water partition coefficient (Wildman–Crippen LogP) is 4.42. The lowest BCUT2D eigenvalue weighted by molar-refractivity contribution is -0.138. The molecule has 0 aromatic heterocycles. The van der Waals surface area contributed by atoms with Gasteiger partial charge in [0.05, 0.1) is 21.3 Å². The number of rotatable bonds is 4. The van der Waals surface area contributed by atoms with Crippen molar-refractivity contribution in [3.05, 3.63) is 63.6 Å². The number of anilines is 1. The quantitative estimate of drug-likeness (QED) is 0.664. The molecule has 1 saturated heterocycles. The van der Waals surface area contributed by atoms with Gasteiger partial charge in [0, 0.05) is 0 Å². The highest BCUT2D eigenvalue weighted by molar-refractivity contribution is 6.39. The number of amides is 4. The van der Waals surface area contributed by atoms with Gasteiger partial charge in [-0.25, -0.2) is 4.79 Å². The summed E-state index contributed by atoms with van der Waals surface area (Å²) >= 11 is 11.9. The lowest BCUT2D eigenvalue weighted by Gasteiger charge is -2.23. The first-order chi connectivity index (χ1) is 13.9. The van der Waals surface area contributed by atoms with E-state index in [2.05, 4.69) is 10.6 Å². The van der Waals surface area contributed by atoms with Gasteiger partial charge < -0.3 is 10.6 Å². The minimum absolute atomic E-state index is 0.0623. The minimum atomic E-state index is -4.62. The lowest BCUT2D eigenvalue weighted by atomic mass is 9.90. The highest BCUT2D eigenvalue weighted by Gasteiger charge is 2.50. The molecule has 0 saturated carbocycles. The summed E-state index contributed by atoms with van der Waals surface area (Å²) in [5.41, 5.74) is -2.68. The van der Waals surface area contributed by atoms with Gasteiger partial charge in [0.25, 0.3) is 5.91 Å². The fourth-order valence-corrected chi connectivity index (χ4v) is 3.47. The van der Waals surface area contributed by atoms with Crippen molar-refractivity contribution in [2.24, 2.45) is 0 Å². The van der Waals surface area contributed by atoms with E-state index in [1.165, 1.54) is 25.1 Å². The first-order valence-corrected chi connectivity index (χ1v) is 9.25. The Morgan fingerprint density at radius 3 is 2.33 bits per heavy atom. The number of alkyl halides is 3. The Kier molecular flexibility index (Phi) is 5.70. The van der Waals surface area contributed by atoms with E-state index in [9.17, 15) is 27.6 Å². The standard InChI is InChI=1S/C19H14Cl2F3N3O3/c1-18(10-4-2-5-11(8-10)19(22,23)24)16(29)27(17(30)26-18)9-14(28)25-15-12(20)6-3-7-13(15)21/h2-8H,9H2,1H3,(H,25,28)(H,26,30). The lowest BCUT2D eigenvalue weighted by Crippen LogP contribution is -2.42. The highest BCUT2D eigenvalue weighted by atomic mass is 35.5. The molecule has 3 rings (SSSR count). The van der Waals surface area contributed by atoms with E-state index in [1.807, 2.05) is 0 Å². The predicted molar refractivity (Wildman–Crippen MR) is 104 cm³/mol. The molecule has 0 radical (unpaired) electrons. The number of hydrogen-bond donors (Lipinski definition) is 2. The Bertz CT molecular complexity index is 1020. The number of halogens is 5. The van der Waals surface area contributed by atoms with Gasteiger partial charge in [-0.05, 0) is 36.8 Å². The molecule has 1 fully saturated rings. The molecule has 0 bridgehead atoms. The van der Waals surface area contributed by atoms with Crippen LogP contribution in [0.1, 0.15) is 18.1 Å². The third-order valence-corrected chi connectivity index (χ3v) is 5.20. The largest absolute Gasteiger partial charge is 0.416 e. The van der Waals surface area contributed by atoms with Crippen molar-refractivity contribution in [2.45, 2.75) is 18.6 Å². The molecule has 2 aromatic carbocycles. The summed E-state index contributed by atoms with van der Waals surface area (Å²) in [6, 6.07) is 7.69. The zero-order valence-electron chi connectivity index (χ0n) is 15.3. The van der Waals surface area contributed by atoms with E-state index in [0.29, 0.717) is 4.90 Å². The molecule has 11 heteroatoms. The van der Waals surface area contributed by atoms with Gasteiger partial charge in [0.1, 0.15) is 12.1 Å². The maximum absolute atomic E-state index is 13.0. The number of nitrogens with zero attached hydrogens (tertiary/aromatic N) is 1. The third-order valence-electron chi connectivity index (χ3n) is 4.57. The molecule has 1 heterocycles. The van der Waals surface area contributed by atoms with Crippen molar-refractivity contribution in [3.8, 4) is 0 Å². The number of urea groups is 1. The van der Waals surface area contributed by atoms with Gasteiger partial charge in [-0.2, -0.15) is 13.2 Å². The Morgan fingerprint density at radius 2 is 1.73 bits per heavy atom. The Balaban J connectivity index is 1.82. The van der Waals surface area contributed by atoms with Crippen LogP contribution in [0.15, 0.2) is 42.5 Å². The topological polar surface area (TPSA) is 78.5 Å². The second kappa shape index (κ2) is 7.81. The molecule has 1 aliphatic rings. The van der Waals surface area contributed by atoms with Gasteiger partial charge in [-0.15, -0.1) is 0 Å². The summed E-state index contributed by atoms with van der Waals surface area (Å²) in [7, 11) is 0. The summed E-state index contributed by atoms with van der Waals surface area (Å²) in [6.07, 6.45) is -4.62. The van der Waals surface area contributed by atoms with E-state index in [0.717, 1.165) is 18.2 Å². The van der Waals surface area contributed by atoms with Crippen LogP contribution in [0.4, 0.5) is 23.7 Å². The van der Waals surface area contributed by atoms with Gasteiger partial charge >= 0.3 is 12.2 Å². The van der Waals surface area contributed by atoms with Crippen LogP contribution >= 0.6 is 23.2 Å². The minimum Gasteiger partial charge on any atom is -0.322 e. The summed E-state index contributed by atoms with van der Waals surface area (Å²) in [5.74, 6) is -1.63. The Labute approximate surface area is 178 Å². The van der Waals surface area contributed by atoms with Crippen molar-refractivity contribution in [1.82, 2.24) is 10.2 Å². The van der Waals surface area contributed by atoms with E-state index in [-0.39, 0.29) is 21.3 Å². The zero-order valence-corrected chi connectivity index (χ0v) is 16.8. The van der Waals surface area contributed by atoms with Crippen molar-refractivity contribution < 1.29 is 27.6 Å². The molecular weight excluding hydrogens is 446 g/mol. The van der Waals surface area contributed by atoms with E-state index in [4.69, 9.17) is 23.2 Å². The van der Waals surface area contributed by atoms with Crippen LogP contribution in [0.3, 0.4) is 0 Å².